The average molecular weight is 272 g/mol. The van der Waals surface area contributed by atoms with Crippen LogP contribution in [0.15, 0.2) is 36.7 Å². The summed E-state index contributed by atoms with van der Waals surface area (Å²) in [6.45, 7) is 8.28. The molecule has 1 atom stereocenters. The van der Waals surface area contributed by atoms with Crippen molar-refractivity contribution < 1.29 is 0 Å². The zero-order chi connectivity index (χ0) is 14.4. The van der Waals surface area contributed by atoms with E-state index in [9.17, 15) is 0 Å². The van der Waals surface area contributed by atoms with E-state index in [1.54, 1.807) is 6.33 Å². The molecular formula is C16H24N4. The standard InChI is InChI=1S/C16H24N4/c1-4-20-12-18-19-16(20)11-17-15(10-13(2)3)14-8-6-5-7-9-14/h5-9,12-13,15,17H,4,10-11H2,1-3H3. The maximum Gasteiger partial charge on any atom is 0.146 e. The fourth-order valence-electron chi connectivity index (χ4n) is 2.39. The van der Waals surface area contributed by atoms with Gasteiger partial charge >= 0.3 is 0 Å². The van der Waals surface area contributed by atoms with Crippen molar-refractivity contribution >= 4 is 0 Å². The van der Waals surface area contributed by atoms with E-state index in [-0.39, 0.29) is 0 Å². The van der Waals surface area contributed by atoms with Gasteiger partial charge in [-0.2, -0.15) is 0 Å². The first-order chi connectivity index (χ1) is 9.70. The lowest BCUT2D eigenvalue weighted by Crippen LogP contribution is -2.24. The lowest BCUT2D eigenvalue weighted by atomic mass is 9.97. The highest BCUT2D eigenvalue weighted by Gasteiger charge is 2.14. The van der Waals surface area contributed by atoms with Crippen LogP contribution in [0.2, 0.25) is 0 Å². The quantitative estimate of drug-likeness (QED) is 0.842. The highest BCUT2D eigenvalue weighted by molar-refractivity contribution is 5.19. The second kappa shape index (κ2) is 7.20. The van der Waals surface area contributed by atoms with E-state index >= 15 is 0 Å². The van der Waals surface area contributed by atoms with Crippen molar-refractivity contribution in [1.82, 2.24) is 20.1 Å². The smallest absolute Gasteiger partial charge is 0.146 e. The summed E-state index contributed by atoms with van der Waals surface area (Å²) in [5, 5.41) is 11.8. The monoisotopic (exact) mass is 272 g/mol. The highest BCUT2D eigenvalue weighted by Crippen LogP contribution is 2.21. The molecule has 0 radical (unpaired) electrons. The summed E-state index contributed by atoms with van der Waals surface area (Å²) in [6, 6.07) is 11.0. The van der Waals surface area contributed by atoms with Crippen LogP contribution in [0.5, 0.6) is 0 Å². The van der Waals surface area contributed by atoms with Crippen LogP contribution in [0.1, 0.15) is 44.6 Å². The number of benzene rings is 1. The lowest BCUT2D eigenvalue weighted by Gasteiger charge is -2.21. The Kier molecular flexibility index (Phi) is 5.30. The van der Waals surface area contributed by atoms with E-state index in [4.69, 9.17) is 0 Å². The van der Waals surface area contributed by atoms with Gasteiger partial charge in [-0.3, -0.25) is 0 Å². The Morgan fingerprint density at radius 2 is 1.95 bits per heavy atom. The Hall–Kier alpha value is -1.68. The maximum atomic E-state index is 4.18. The molecule has 1 heterocycles. The number of aryl methyl sites for hydroxylation is 1. The molecule has 2 rings (SSSR count). The van der Waals surface area contributed by atoms with Crippen LogP contribution in [-0.4, -0.2) is 14.8 Å². The molecule has 0 aliphatic heterocycles. The number of hydrogen-bond donors (Lipinski definition) is 1. The van der Waals surface area contributed by atoms with Gasteiger partial charge in [0.1, 0.15) is 12.2 Å². The zero-order valence-electron chi connectivity index (χ0n) is 12.6. The largest absolute Gasteiger partial charge is 0.317 e. The molecule has 0 aliphatic rings. The van der Waals surface area contributed by atoms with Gasteiger partial charge in [-0.05, 0) is 24.8 Å². The van der Waals surface area contributed by atoms with Crippen molar-refractivity contribution in [3.05, 3.63) is 48.0 Å². The van der Waals surface area contributed by atoms with Crippen LogP contribution in [0.4, 0.5) is 0 Å². The van der Waals surface area contributed by atoms with Crippen LogP contribution in [0, 0.1) is 5.92 Å². The molecule has 0 aliphatic carbocycles. The van der Waals surface area contributed by atoms with Crippen molar-refractivity contribution in [1.29, 1.82) is 0 Å². The Balaban J connectivity index is 2.05. The Labute approximate surface area is 121 Å². The van der Waals surface area contributed by atoms with Crippen LogP contribution >= 0.6 is 0 Å². The van der Waals surface area contributed by atoms with Gasteiger partial charge in [-0.15, -0.1) is 10.2 Å². The molecule has 0 saturated carbocycles. The predicted molar refractivity (Wildman–Crippen MR) is 81.2 cm³/mol. The van der Waals surface area contributed by atoms with E-state index in [1.807, 2.05) is 0 Å². The number of nitrogens with zero attached hydrogens (tertiary/aromatic N) is 3. The van der Waals surface area contributed by atoms with Gasteiger partial charge in [0.2, 0.25) is 0 Å². The summed E-state index contributed by atoms with van der Waals surface area (Å²) >= 11 is 0. The van der Waals surface area contributed by atoms with Crippen molar-refractivity contribution in [2.24, 2.45) is 5.92 Å². The van der Waals surface area contributed by atoms with Crippen LogP contribution < -0.4 is 5.32 Å². The van der Waals surface area contributed by atoms with E-state index in [2.05, 4.69) is 71.2 Å². The Morgan fingerprint density at radius 3 is 2.60 bits per heavy atom. The van der Waals surface area contributed by atoms with E-state index in [0.29, 0.717) is 12.0 Å². The fraction of sp³-hybridized carbons (Fsp3) is 0.500. The van der Waals surface area contributed by atoms with Gasteiger partial charge in [0, 0.05) is 12.6 Å². The highest BCUT2D eigenvalue weighted by atomic mass is 15.3. The molecule has 0 fully saturated rings. The number of aromatic nitrogens is 3. The summed E-state index contributed by atoms with van der Waals surface area (Å²) < 4.78 is 2.07. The van der Waals surface area contributed by atoms with Gasteiger partial charge in [-0.25, -0.2) is 0 Å². The molecule has 108 valence electrons. The topological polar surface area (TPSA) is 42.7 Å². The second-order valence-electron chi connectivity index (χ2n) is 5.51. The predicted octanol–water partition coefficient (Wildman–Crippen LogP) is 3.18. The van der Waals surface area contributed by atoms with E-state index in [0.717, 1.165) is 25.3 Å². The first kappa shape index (κ1) is 14.7. The SMILES string of the molecule is CCn1cnnc1CNC(CC(C)C)c1ccccc1. The molecule has 20 heavy (non-hydrogen) atoms. The zero-order valence-corrected chi connectivity index (χ0v) is 12.6. The minimum Gasteiger partial charge on any atom is -0.317 e. The molecular weight excluding hydrogens is 248 g/mol. The third-order valence-corrected chi connectivity index (χ3v) is 3.45. The molecule has 4 nitrogen and oxygen atoms in total. The molecule has 1 unspecified atom stereocenters. The van der Waals surface area contributed by atoms with Gasteiger partial charge in [0.05, 0.1) is 6.54 Å². The summed E-state index contributed by atoms with van der Waals surface area (Å²) in [4.78, 5) is 0. The molecule has 1 aromatic carbocycles. The molecule has 0 amide bonds. The van der Waals surface area contributed by atoms with Crippen molar-refractivity contribution in [3.63, 3.8) is 0 Å². The van der Waals surface area contributed by atoms with Crippen molar-refractivity contribution in [3.8, 4) is 0 Å². The summed E-state index contributed by atoms with van der Waals surface area (Å²) in [6.07, 6.45) is 2.90. The van der Waals surface area contributed by atoms with Gasteiger partial charge in [0.15, 0.2) is 0 Å². The molecule has 0 spiro atoms. The van der Waals surface area contributed by atoms with Crippen LogP contribution in [-0.2, 0) is 13.1 Å². The summed E-state index contributed by atoms with van der Waals surface area (Å²) in [5.41, 5.74) is 1.34. The van der Waals surface area contributed by atoms with Crippen LogP contribution in [0.25, 0.3) is 0 Å². The average Bonchev–Trinajstić information content (AvgIpc) is 2.91. The van der Waals surface area contributed by atoms with E-state index in [1.165, 1.54) is 5.56 Å². The second-order valence-corrected chi connectivity index (χ2v) is 5.51. The summed E-state index contributed by atoms with van der Waals surface area (Å²) in [5.74, 6) is 1.65. The Bertz CT molecular complexity index is 504. The number of rotatable bonds is 7. The van der Waals surface area contributed by atoms with Crippen molar-refractivity contribution in [2.75, 3.05) is 0 Å². The number of hydrogen-bond acceptors (Lipinski definition) is 3. The third-order valence-electron chi connectivity index (χ3n) is 3.45. The van der Waals surface area contributed by atoms with Gasteiger partial charge in [0.25, 0.3) is 0 Å². The minimum absolute atomic E-state index is 0.359. The number of nitrogens with one attached hydrogen (secondary N) is 1. The third kappa shape index (κ3) is 3.90. The lowest BCUT2D eigenvalue weighted by molar-refractivity contribution is 0.420. The van der Waals surface area contributed by atoms with Gasteiger partial charge in [-0.1, -0.05) is 44.2 Å². The molecule has 2 aromatic rings. The summed E-state index contributed by atoms with van der Waals surface area (Å²) in [7, 11) is 0. The minimum atomic E-state index is 0.359. The first-order valence-corrected chi connectivity index (χ1v) is 7.35. The van der Waals surface area contributed by atoms with E-state index < -0.39 is 0 Å². The molecule has 1 aromatic heterocycles. The first-order valence-electron chi connectivity index (χ1n) is 7.35. The maximum absolute atomic E-state index is 4.18. The molecule has 1 N–H and O–H groups in total. The fourth-order valence-corrected chi connectivity index (χ4v) is 2.39. The van der Waals surface area contributed by atoms with Crippen LogP contribution in [0.3, 0.4) is 0 Å². The van der Waals surface area contributed by atoms with Crippen molar-refractivity contribution in [2.45, 2.75) is 46.3 Å². The molecule has 0 saturated heterocycles. The molecule has 0 bridgehead atoms. The molecule has 4 heteroatoms. The van der Waals surface area contributed by atoms with Gasteiger partial charge < -0.3 is 9.88 Å². The normalized spacial score (nSPS) is 12.8. The Morgan fingerprint density at radius 1 is 1.20 bits per heavy atom.